The number of hydrogen-bond donors (Lipinski definition) is 0. The number of hydrogen-bond acceptors (Lipinski definition) is 6. The van der Waals surface area contributed by atoms with Crippen LogP contribution in [0.4, 0.5) is 0 Å². The molecule has 0 bridgehead atoms. The minimum atomic E-state index is -2.92. The standard InChI is InChI=1S/2BO3.Cu.Mo/c2*2-1(3)4;;/q2*-3;+2;+4. The minimum Gasteiger partial charge on any atom is -0.907 e. The summed E-state index contributed by atoms with van der Waals surface area (Å²) in [6.45, 7) is 0. The second kappa shape index (κ2) is 16.6. The molecular weight excluding hydrogens is 277 g/mol. The fourth-order valence-corrected chi connectivity index (χ4v) is 0. The smallest absolute Gasteiger partial charge is 0.907 e. The van der Waals surface area contributed by atoms with Crippen molar-refractivity contribution in [3.8, 4) is 0 Å². The van der Waals surface area contributed by atoms with Crippen LogP contribution in [0, 0.1) is 0 Å². The predicted molar refractivity (Wildman–Crippen MR) is 11.5 cm³/mol. The van der Waals surface area contributed by atoms with Gasteiger partial charge in [0.1, 0.15) is 0 Å². The van der Waals surface area contributed by atoms with E-state index in [-0.39, 0.29) is 38.1 Å². The Balaban J connectivity index is -0.0000000300. The van der Waals surface area contributed by atoms with E-state index < -0.39 is 14.6 Å². The third kappa shape index (κ3) is 495. The molecule has 0 unspecified atom stereocenters. The molecule has 10 heteroatoms. The van der Waals surface area contributed by atoms with Crippen molar-refractivity contribution >= 4 is 14.6 Å². The second-order valence-corrected chi connectivity index (χ2v) is 0.577. The second-order valence-electron chi connectivity index (χ2n) is 0.577. The van der Waals surface area contributed by atoms with E-state index >= 15 is 0 Å². The first-order valence-corrected chi connectivity index (χ1v) is 1.41. The van der Waals surface area contributed by atoms with Crippen LogP contribution in [0.25, 0.3) is 0 Å². The normalized spacial score (nSPS) is 5.40. The summed E-state index contributed by atoms with van der Waals surface area (Å²) >= 11 is 0. The third-order valence-corrected chi connectivity index (χ3v) is 0. The minimum absolute atomic E-state index is 0. The zero-order valence-corrected chi connectivity index (χ0v) is 7.26. The van der Waals surface area contributed by atoms with Gasteiger partial charge >= 0.3 is 38.1 Å². The topological polar surface area (TPSA) is 138 Å². The molecule has 0 aromatic carbocycles. The van der Waals surface area contributed by atoms with Gasteiger partial charge in [0.25, 0.3) is 0 Å². The molecule has 0 saturated carbocycles. The molecule has 10 heavy (non-hydrogen) atoms. The van der Waals surface area contributed by atoms with E-state index in [1.807, 2.05) is 0 Å². The van der Waals surface area contributed by atoms with E-state index in [1.165, 1.54) is 0 Å². The summed E-state index contributed by atoms with van der Waals surface area (Å²) in [7, 11) is -5.83. The van der Waals surface area contributed by atoms with Gasteiger partial charge in [-0.1, -0.05) is 0 Å². The third-order valence-electron chi connectivity index (χ3n) is 0. The number of rotatable bonds is 0. The van der Waals surface area contributed by atoms with Gasteiger partial charge in [0, 0.05) is 0 Å². The molecular formula is B2CuMoO6. The van der Waals surface area contributed by atoms with Crippen LogP contribution < -0.4 is 30.1 Å². The van der Waals surface area contributed by atoms with Crippen molar-refractivity contribution in [3.63, 3.8) is 0 Å². The first-order chi connectivity index (χ1) is 3.46. The quantitative estimate of drug-likeness (QED) is 0.403. The van der Waals surface area contributed by atoms with Crippen molar-refractivity contribution in [3.05, 3.63) is 0 Å². The molecule has 0 aromatic heterocycles. The van der Waals surface area contributed by atoms with Crippen LogP contribution in [0.2, 0.25) is 0 Å². The molecule has 0 saturated heterocycles. The average Bonchev–Trinajstić information content (AvgIpc) is 1.25. The van der Waals surface area contributed by atoms with Gasteiger partial charge in [0.2, 0.25) is 0 Å². The predicted octanol–water partition coefficient (Wildman–Crippen LogP) is -7.90. The van der Waals surface area contributed by atoms with Crippen LogP contribution in [0.5, 0.6) is 0 Å². The summed E-state index contributed by atoms with van der Waals surface area (Å²) < 4.78 is 0. The maximum atomic E-state index is 8.42. The van der Waals surface area contributed by atoms with Crippen molar-refractivity contribution in [1.82, 2.24) is 0 Å². The fraction of sp³-hybridized carbons (Fsp3) is 0. The zero-order chi connectivity index (χ0) is 7.15. The van der Waals surface area contributed by atoms with Crippen LogP contribution in [0.1, 0.15) is 0 Å². The SMILES string of the molecule is [Cu+2].[Mo+4].[O-]B([O-])[O-].[O-]B([O-])[O-]. The van der Waals surface area contributed by atoms with Gasteiger partial charge in [-0.2, -0.15) is 0 Å². The van der Waals surface area contributed by atoms with Crippen molar-refractivity contribution in [2.24, 2.45) is 0 Å². The molecule has 0 spiro atoms. The van der Waals surface area contributed by atoms with Gasteiger partial charge in [-0.3, -0.25) is 14.6 Å². The molecule has 0 N–H and O–H groups in total. The first-order valence-electron chi connectivity index (χ1n) is 1.41. The molecule has 0 rings (SSSR count). The van der Waals surface area contributed by atoms with Gasteiger partial charge in [-0.15, -0.1) is 0 Å². The summed E-state index contributed by atoms with van der Waals surface area (Å²) in [6.07, 6.45) is 0. The van der Waals surface area contributed by atoms with E-state index in [1.54, 1.807) is 0 Å². The molecule has 0 aliphatic rings. The Kier molecular flexibility index (Phi) is 37.3. The molecule has 1 radical (unpaired) electrons. The van der Waals surface area contributed by atoms with Gasteiger partial charge in [-0.05, 0) is 0 Å². The average molecular weight is 277 g/mol. The van der Waals surface area contributed by atoms with E-state index in [9.17, 15) is 0 Å². The molecule has 0 atom stereocenters. The molecule has 6 nitrogen and oxygen atoms in total. The van der Waals surface area contributed by atoms with Crippen LogP contribution in [-0.4, -0.2) is 14.6 Å². The van der Waals surface area contributed by atoms with Crippen LogP contribution in [-0.2, 0) is 38.1 Å². The molecule has 0 aliphatic carbocycles. The first kappa shape index (κ1) is 22.5. The Morgan fingerprint density at radius 2 is 0.600 bits per heavy atom. The molecule has 0 aliphatic heterocycles. The van der Waals surface area contributed by atoms with Crippen LogP contribution in [0.3, 0.4) is 0 Å². The molecule has 59 valence electrons. The Hall–Kier alpha value is 1.10. The molecule has 0 heterocycles. The van der Waals surface area contributed by atoms with Gasteiger partial charge in [-0.25, -0.2) is 0 Å². The Labute approximate surface area is 83.0 Å². The molecule has 0 amide bonds. The summed E-state index contributed by atoms with van der Waals surface area (Å²) in [4.78, 5) is 0. The van der Waals surface area contributed by atoms with Gasteiger partial charge in [0.15, 0.2) is 0 Å². The fourth-order valence-electron chi connectivity index (χ4n) is 0. The van der Waals surface area contributed by atoms with Crippen LogP contribution >= 0.6 is 0 Å². The summed E-state index contributed by atoms with van der Waals surface area (Å²) in [5.41, 5.74) is 0. The largest absolute Gasteiger partial charge is 4.00 e. The van der Waals surface area contributed by atoms with E-state index in [0.717, 1.165) is 0 Å². The van der Waals surface area contributed by atoms with Gasteiger partial charge in [0.05, 0.1) is 0 Å². The Morgan fingerprint density at radius 3 is 0.600 bits per heavy atom. The van der Waals surface area contributed by atoms with E-state index in [2.05, 4.69) is 0 Å². The van der Waals surface area contributed by atoms with Crippen LogP contribution in [0.15, 0.2) is 0 Å². The van der Waals surface area contributed by atoms with Gasteiger partial charge < -0.3 is 30.1 Å². The monoisotopic (exact) mass is 279 g/mol. The Bertz CT molecular complexity index is 31.2. The maximum absolute atomic E-state index is 8.42. The molecule has 0 aromatic rings. The Morgan fingerprint density at radius 1 is 0.600 bits per heavy atom. The van der Waals surface area contributed by atoms with E-state index in [4.69, 9.17) is 30.1 Å². The zero-order valence-electron chi connectivity index (χ0n) is 4.31. The molecule has 0 fully saturated rings. The van der Waals surface area contributed by atoms with Crippen molar-refractivity contribution in [2.75, 3.05) is 0 Å². The van der Waals surface area contributed by atoms with Crippen molar-refractivity contribution in [1.29, 1.82) is 0 Å². The van der Waals surface area contributed by atoms with E-state index in [0.29, 0.717) is 0 Å². The van der Waals surface area contributed by atoms with Crippen molar-refractivity contribution < 1.29 is 68.3 Å². The summed E-state index contributed by atoms with van der Waals surface area (Å²) in [5, 5.41) is 50.5. The van der Waals surface area contributed by atoms with Crippen molar-refractivity contribution in [2.45, 2.75) is 0 Å². The maximum Gasteiger partial charge on any atom is 4.00 e. The summed E-state index contributed by atoms with van der Waals surface area (Å²) in [6, 6.07) is 0. The summed E-state index contributed by atoms with van der Waals surface area (Å²) in [5.74, 6) is 0.